The molecular weight excluding hydrogens is 257 g/mol. The third-order valence-electron chi connectivity index (χ3n) is 2.88. The maximum absolute atomic E-state index is 5.46. The lowest BCUT2D eigenvalue weighted by Crippen LogP contribution is -2.23. The van der Waals surface area contributed by atoms with Crippen molar-refractivity contribution in [3.63, 3.8) is 0 Å². The first kappa shape index (κ1) is 13.9. The van der Waals surface area contributed by atoms with E-state index >= 15 is 0 Å². The molecule has 1 N–H and O–H groups in total. The first-order chi connectivity index (χ1) is 9.31. The van der Waals surface area contributed by atoms with Crippen molar-refractivity contribution < 1.29 is 9.47 Å². The van der Waals surface area contributed by atoms with Crippen LogP contribution in [0.4, 0.5) is 0 Å². The minimum atomic E-state index is -0.702. The van der Waals surface area contributed by atoms with Crippen LogP contribution in [0.25, 0.3) is 0 Å². The predicted octanol–water partition coefficient (Wildman–Crippen LogP) is 2.27. The molecule has 2 aromatic rings. The fourth-order valence-corrected chi connectivity index (χ4v) is 3.98. The van der Waals surface area contributed by atoms with Crippen LogP contribution in [0.3, 0.4) is 0 Å². The van der Waals surface area contributed by atoms with Crippen molar-refractivity contribution in [1.82, 2.24) is 5.09 Å². The summed E-state index contributed by atoms with van der Waals surface area (Å²) in [6, 6.07) is 16.2. The summed E-state index contributed by atoms with van der Waals surface area (Å²) in [5.74, 6) is 1.79. The maximum atomic E-state index is 5.46. The van der Waals surface area contributed by atoms with E-state index in [0.717, 1.165) is 22.1 Å². The highest BCUT2D eigenvalue weighted by atomic mass is 31.1. The van der Waals surface area contributed by atoms with Crippen LogP contribution < -0.4 is 25.2 Å². The van der Waals surface area contributed by atoms with Gasteiger partial charge in [0.25, 0.3) is 0 Å². The molecule has 0 unspecified atom stereocenters. The predicted molar refractivity (Wildman–Crippen MR) is 81.2 cm³/mol. The molecule has 0 saturated carbocycles. The monoisotopic (exact) mass is 275 g/mol. The van der Waals surface area contributed by atoms with Crippen LogP contribution in [0.15, 0.2) is 48.5 Å². The van der Waals surface area contributed by atoms with Gasteiger partial charge in [-0.3, -0.25) is 5.09 Å². The highest BCUT2D eigenvalue weighted by Gasteiger charge is 2.19. The Labute approximate surface area is 115 Å². The Hall–Kier alpha value is -1.57. The van der Waals surface area contributed by atoms with Crippen LogP contribution in [0.1, 0.15) is 0 Å². The molecule has 2 aromatic carbocycles. The summed E-state index contributed by atoms with van der Waals surface area (Å²) in [4.78, 5) is 0. The quantitative estimate of drug-likeness (QED) is 0.849. The normalized spacial score (nSPS) is 10.5. The molecule has 3 nitrogen and oxygen atoms in total. The molecule has 0 aliphatic rings. The Morgan fingerprint density at radius 3 is 1.58 bits per heavy atom. The molecular formula is C15H18NO2P. The fourth-order valence-electron chi connectivity index (χ4n) is 2.00. The van der Waals surface area contributed by atoms with E-state index in [0.29, 0.717) is 0 Å². The third kappa shape index (κ3) is 2.89. The number of hydrogen-bond donors (Lipinski definition) is 1. The average molecular weight is 275 g/mol. The van der Waals surface area contributed by atoms with Crippen molar-refractivity contribution in [1.29, 1.82) is 0 Å². The number of nitrogens with one attached hydrogen (secondary N) is 1. The van der Waals surface area contributed by atoms with E-state index in [2.05, 4.69) is 17.2 Å². The first-order valence-electron chi connectivity index (χ1n) is 6.05. The van der Waals surface area contributed by atoms with Gasteiger partial charge in [0.2, 0.25) is 0 Å². The molecule has 0 saturated heterocycles. The zero-order valence-corrected chi connectivity index (χ0v) is 12.3. The summed E-state index contributed by atoms with van der Waals surface area (Å²) in [6.07, 6.45) is 0. The Bertz CT molecular complexity index is 498. The lowest BCUT2D eigenvalue weighted by Gasteiger charge is -2.21. The van der Waals surface area contributed by atoms with E-state index in [1.54, 1.807) is 14.2 Å². The van der Waals surface area contributed by atoms with Crippen molar-refractivity contribution in [2.24, 2.45) is 0 Å². The van der Waals surface area contributed by atoms with Crippen molar-refractivity contribution in [3.8, 4) is 11.5 Å². The van der Waals surface area contributed by atoms with Crippen molar-refractivity contribution in [3.05, 3.63) is 48.5 Å². The molecule has 19 heavy (non-hydrogen) atoms. The largest absolute Gasteiger partial charge is 0.496 e. The number of para-hydroxylation sites is 2. The van der Waals surface area contributed by atoms with Crippen molar-refractivity contribution >= 4 is 18.7 Å². The van der Waals surface area contributed by atoms with Crippen LogP contribution in [-0.2, 0) is 0 Å². The Kier molecular flexibility index (Phi) is 4.78. The van der Waals surface area contributed by atoms with E-state index in [1.807, 2.05) is 43.4 Å². The van der Waals surface area contributed by atoms with Gasteiger partial charge in [-0.15, -0.1) is 0 Å². The number of rotatable bonds is 5. The highest BCUT2D eigenvalue weighted by molar-refractivity contribution is 7.71. The maximum Gasteiger partial charge on any atom is 0.128 e. The highest BCUT2D eigenvalue weighted by Crippen LogP contribution is 2.35. The Morgan fingerprint density at radius 2 is 1.21 bits per heavy atom. The van der Waals surface area contributed by atoms with E-state index in [4.69, 9.17) is 9.47 Å². The summed E-state index contributed by atoms with van der Waals surface area (Å²) in [5.41, 5.74) is 0. The minimum absolute atomic E-state index is 0.702. The average Bonchev–Trinajstić information content (AvgIpc) is 2.49. The molecule has 2 rings (SSSR count). The molecule has 0 fully saturated rings. The Balaban J connectivity index is 2.50. The van der Waals surface area contributed by atoms with Gasteiger partial charge >= 0.3 is 0 Å². The molecule has 0 amide bonds. The van der Waals surface area contributed by atoms with Gasteiger partial charge in [0.1, 0.15) is 11.5 Å². The van der Waals surface area contributed by atoms with Gasteiger partial charge in [0.15, 0.2) is 0 Å². The van der Waals surface area contributed by atoms with E-state index < -0.39 is 8.07 Å². The minimum Gasteiger partial charge on any atom is -0.496 e. The lowest BCUT2D eigenvalue weighted by atomic mass is 10.3. The van der Waals surface area contributed by atoms with Gasteiger partial charge in [0.05, 0.1) is 14.2 Å². The zero-order valence-electron chi connectivity index (χ0n) is 11.4. The molecule has 4 heteroatoms. The van der Waals surface area contributed by atoms with Crippen LogP contribution in [0.5, 0.6) is 11.5 Å². The van der Waals surface area contributed by atoms with Gasteiger partial charge in [-0.2, -0.15) is 0 Å². The second kappa shape index (κ2) is 6.55. The van der Waals surface area contributed by atoms with Crippen molar-refractivity contribution in [2.75, 3.05) is 21.3 Å². The van der Waals surface area contributed by atoms with Crippen LogP contribution in [-0.4, -0.2) is 21.3 Å². The molecule has 100 valence electrons. The SMILES string of the molecule is CNP(c1ccccc1OC)c1ccccc1OC. The molecule has 0 spiro atoms. The summed E-state index contributed by atoms with van der Waals surface area (Å²) in [5, 5.41) is 5.71. The smallest absolute Gasteiger partial charge is 0.128 e. The van der Waals surface area contributed by atoms with Crippen molar-refractivity contribution in [2.45, 2.75) is 0 Å². The van der Waals surface area contributed by atoms with Gasteiger partial charge in [0, 0.05) is 18.7 Å². The second-order valence-electron chi connectivity index (χ2n) is 3.90. The summed E-state index contributed by atoms with van der Waals surface area (Å²) in [6.45, 7) is 0. The number of methoxy groups -OCH3 is 2. The van der Waals surface area contributed by atoms with Crippen LogP contribution in [0.2, 0.25) is 0 Å². The van der Waals surface area contributed by atoms with Crippen LogP contribution >= 0.6 is 8.07 Å². The molecule has 0 radical (unpaired) electrons. The van der Waals surface area contributed by atoms with E-state index in [-0.39, 0.29) is 0 Å². The van der Waals surface area contributed by atoms with Gasteiger partial charge < -0.3 is 9.47 Å². The fraction of sp³-hybridized carbons (Fsp3) is 0.200. The molecule has 0 aliphatic carbocycles. The van der Waals surface area contributed by atoms with E-state index in [1.165, 1.54) is 0 Å². The number of hydrogen-bond acceptors (Lipinski definition) is 3. The summed E-state index contributed by atoms with van der Waals surface area (Å²) < 4.78 is 10.9. The molecule has 0 bridgehead atoms. The van der Waals surface area contributed by atoms with Gasteiger partial charge in [-0.05, 0) is 31.3 Å². The lowest BCUT2D eigenvalue weighted by molar-refractivity contribution is 0.417. The summed E-state index contributed by atoms with van der Waals surface area (Å²) in [7, 11) is 4.66. The topological polar surface area (TPSA) is 30.5 Å². The van der Waals surface area contributed by atoms with Crippen LogP contribution in [0, 0.1) is 0 Å². The van der Waals surface area contributed by atoms with Gasteiger partial charge in [-0.25, -0.2) is 0 Å². The summed E-state index contributed by atoms with van der Waals surface area (Å²) >= 11 is 0. The third-order valence-corrected chi connectivity index (χ3v) is 5.03. The molecule has 0 aliphatic heterocycles. The van der Waals surface area contributed by atoms with E-state index in [9.17, 15) is 0 Å². The Morgan fingerprint density at radius 1 is 0.789 bits per heavy atom. The zero-order chi connectivity index (χ0) is 13.7. The molecule has 0 atom stereocenters. The standard InChI is InChI=1S/C15H18NO2P/c1-16-19(14-10-6-4-8-12(14)17-2)15-11-7-5-9-13(15)18-3/h4-11,16H,1-3H3. The number of ether oxygens (including phenoxy) is 2. The molecule has 0 aromatic heterocycles. The second-order valence-corrected chi connectivity index (χ2v) is 5.98. The molecule has 0 heterocycles. The van der Waals surface area contributed by atoms with Gasteiger partial charge in [-0.1, -0.05) is 24.3 Å². The number of benzene rings is 2. The first-order valence-corrected chi connectivity index (χ1v) is 7.39.